The molecule has 1 aromatic carbocycles. The minimum atomic E-state index is -0.857. The van der Waals surface area contributed by atoms with Crippen molar-refractivity contribution in [3.63, 3.8) is 0 Å². The molecule has 1 aromatic rings. The topological polar surface area (TPSA) is 0 Å². The lowest BCUT2D eigenvalue weighted by atomic mass is 10.1. The molecule has 0 saturated heterocycles. The number of hydrogen-bond acceptors (Lipinski definition) is 0. The van der Waals surface area contributed by atoms with Crippen LogP contribution in [0.4, 0.5) is 4.39 Å². The van der Waals surface area contributed by atoms with E-state index in [4.69, 9.17) is 0 Å². The third-order valence-corrected chi connectivity index (χ3v) is 1.91. The smallest absolute Gasteiger partial charge is 0.129 e. The molecule has 0 saturated carbocycles. The van der Waals surface area contributed by atoms with Crippen molar-refractivity contribution in [1.82, 2.24) is 0 Å². The third kappa shape index (κ3) is 3.41. The van der Waals surface area contributed by atoms with E-state index in [-0.39, 0.29) is 0 Å². The van der Waals surface area contributed by atoms with Gasteiger partial charge >= 0.3 is 0 Å². The molecule has 70 valence electrons. The van der Waals surface area contributed by atoms with Gasteiger partial charge in [0.05, 0.1) is 0 Å². The summed E-state index contributed by atoms with van der Waals surface area (Å²) in [6.45, 7) is 2.05. The van der Waals surface area contributed by atoms with Gasteiger partial charge in [0.2, 0.25) is 0 Å². The first-order valence-corrected chi connectivity index (χ1v) is 4.68. The highest BCUT2D eigenvalue weighted by molar-refractivity contribution is 5.17. The van der Waals surface area contributed by atoms with Gasteiger partial charge in [0.1, 0.15) is 6.17 Å². The number of benzene rings is 1. The summed E-state index contributed by atoms with van der Waals surface area (Å²) >= 11 is 0. The highest BCUT2D eigenvalue weighted by atomic mass is 19.1. The third-order valence-electron chi connectivity index (χ3n) is 1.91. The van der Waals surface area contributed by atoms with Crippen LogP contribution in [0, 0.1) is 0 Å². The Kier molecular flexibility index (Phi) is 4.24. The Morgan fingerprint density at radius 1 is 1.23 bits per heavy atom. The van der Waals surface area contributed by atoms with E-state index < -0.39 is 6.17 Å². The van der Waals surface area contributed by atoms with Crippen molar-refractivity contribution in [2.45, 2.75) is 25.9 Å². The van der Waals surface area contributed by atoms with Gasteiger partial charge in [-0.15, -0.1) is 0 Å². The molecule has 0 bridgehead atoms. The Morgan fingerprint density at radius 3 is 2.54 bits per heavy atom. The molecule has 1 unspecified atom stereocenters. The molecule has 0 aliphatic carbocycles. The molecule has 0 radical (unpaired) electrons. The molecule has 0 amide bonds. The lowest BCUT2D eigenvalue weighted by Gasteiger charge is -2.04. The van der Waals surface area contributed by atoms with E-state index in [2.05, 4.69) is 0 Å². The molecule has 0 fully saturated rings. The van der Waals surface area contributed by atoms with Gasteiger partial charge < -0.3 is 0 Å². The minimum absolute atomic E-state index is 0.484. The summed E-state index contributed by atoms with van der Waals surface area (Å²) in [5.41, 5.74) is 0.767. The maximum absolute atomic E-state index is 13.4. The maximum atomic E-state index is 13.4. The number of alkyl halides is 1. The van der Waals surface area contributed by atoms with E-state index in [0.717, 1.165) is 12.0 Å². The average Bonchev–Trinajstić information content (AvgIpc) is 2.19. The second-order valence-corrected chi connectivity index (χ2v) is 2.99. The van der Waals surface area contributed by atoms with Crippen molar-refractivity contribution in [1.29, 1.82) is 0 Å². The Bertz CT molecular complexity index is 251. The summed E-state index contributed by atoms with van der Waals surface area (Å²) in [6.07, 6.45) is 4.50. The van der Waals surface area contributed by atoms with E-state index in [1.54, 1.807) is 0 Å². The number of hydrogen-bond donors (Lipinski definition) is 0. The van der Waals surface area contributed by atoms with Crippen LogP contribution in [0.1, 0.15) is 31.5 Å². The molecule has 0 heterocycles. The van der Waals surface area contributed by atoms with E-state index in [9.17, 15) is 4.39 Å². The predicted octanol–water partition coefficient (Wildman–Crippen LogP) is 4.05. The lowest BCUT2D eigenvalue weighted by molar-refractivity contribution is 0.347. The molecule has 0 spiro atoms. The van der Waals surface area contributed by atoms with Gasteiger partial charge in [0.25, 0.3) is 0 Å². The molecule has 0 aliphatic rings. The quantitative estimate of drug-likeness (QED) is 0.610. The van der Waals surface area contributed by atoms with Crippen LogP contribution in [-0.4, -0.2) is 0 Å². The van der Waals surface area contributed by atoms with Crippen LogP contribution >= 0.6 is 0 Å². The number of halogens is 1. The van der Waals surface area contributed by atoms with Gasteiger partial charge in [-0.25, -0.2) is 4.39 Å². The standard InChI is InChI=1S/C12H15F/c1-2-3-5-10-12(13)11-8-6-4-7-9-11/h3-9,12H,2,10H2,1H3/b5-3+. The summed E-state index contributed by atoms with van der Waals surface area (Å²) < 4.78 is 13.4. The second-order valence-electron chi connectivity index (χ2n) is 2.99. The molecule has 13 heavy (non-hydrogen) atoms. The summed E-state index contributed by atoms with van der Waals surface area (Å²) in [4.78, 5) is 0. The molecule has 0 N–H and O–H groups in total. The van der Waals surface area contributed by atoms with Crippen molar-refractivity contribution < 1.29 is 4.39 Å². The van der Waals surface area contributed by atoms with Gasteiger partial charge in [0, 0.05) is 6.42 Å². The number of allylic oxidation sites excluding steroid dienone is 2. The maximum Gasteiger partial charge on any atom is 0.129 e. The van der Waals surface area contributed by atoms with E-state index >= 15 is 0 Å². The highest BCUT2D eigenvalue weighted by Crippen LogP contribution is 2.20. The van der Waals surface area contributed by atoms with Gasteiger partial charge in [-0.2, -0.15) is 0 Å². The SMILES string of the molecule is CC/C=C/CC(F)c1ccccc1. The fourth-order valence-electron chi connectivity index (χ4n) is 1.18. The van der Waals surface area contributed by atoms with Crippen LogP contribution in [0.25, 0.3) is 0 Å². The fraction of sp³-hybridized carbons (Fsp3) is 0.333. The average molecular weight is 178 g/mol. The monoisotopic (exact) mass is 178 g/mol. The van der Waals surface area contributed by atoms with Crippen molar-refractivity contribution in [2.24, 2.45) is 0 Å². The first-order chi connectivity index (χ1) is 6.34. The highest BCUT2D eigenvalue weighted by Gasteiger charge is 2.05. The molecule has 1 atom stereocenters. The molecule has 0 aliphatic heterocycles. The molecule has 1 rings (SSSR count). The van der Waals surface area contributed by atoms with Crippen LogP contribution in [-0.2, 0) is 0 Å². The van der Waals surface area contributed by atoms with Crippen molar-refractivity contribution in [2.75, 3.05) is 0 Å². The first-order valence-electron chi connectivity index (χ1n) is 4.68. The fourth-order valence-corrected chi connectivity index (χ4v) is 1.18. The normalized spacial score (nSPS) is 13.4. The van der Waals surface area contributed by atoms with Gasteiger partial charge in [-0.3, -0.25) is 0 Å². The summed E-state index contributed by atoms with van der Waals surface area (Å²) in [6, 6.07) is 9.28. The zero-order valence-corrected chi connectivity index (χ0v) is 7.91. The summed E-state index contributed by atoms with van der Waals surface area (Å²) in [5, 5.41) is 0. The second kappa shape index (κ2) is 5.52. The molecular formula is C12H15F. The van der Waals surface area contributed by atoms with E-state index in [1.807, 2.05) is 49.4 Å². The summed E-state index contributed by atoms with van der Waals surface area (Å²) in [7, 11) is 0. The van der Waals surface area contributed by atoms with Crippen molar-refractivity contribution >= 4 is 0 Å². The predicted molar refractivity (Wildman–Crippen MR) is 54.3 cm³/mol. The molecular weight excluding hydrogens is 163 g/mol. The van der Waals surface area contributed by atoms with Crippen molar-refractivity contribution in [3.05, 3.63) is 48.0 Å². The minimum Gasteiger partial charge on any atom is -0.242 e. The van der Waals surface area contributed by atoms with E-state index in [0.29, 0.717) is 6.42 Å². The van der Waals surface area contributed by atoms with Gasteiger partial charge in [-0.1, -0.05) is 49.4 Å². The van der Waals surface area contributed by atoms with E-state index in [1.165, 1.54) is 0 Å². The van der Waals surface area contributed by atoms with Gasteiger partial charge in [-0.05, 0) is 12.0 Å². The van der Waals surface area contributed by atoms with Crippen LogP contribution in [0.15, 0.2) is 42.5 Å². The largest absolute Gasteiger partial charge is 0.242 e. The first kappa shape index (κ1) is 9.97. The Balaban J connectivity index is 2.49. The zero-order chi connectivity index (χ0) is 9.52. The van der Waals surface area contributed by atoms with Crippen LogP contribution in [0.3, 0.4) is 0 Å². The molecule has 0 nitrogen and oxygen atoms in total. The van der Waals surface area contributed by atoms with Crippen molar-refractivity contribution in [3.8, 4) is 0 Å². The molecule has 0 aromatic heterocycles. The number of rotatable bonds is 4. The Morgan fingerprint density at radius 2 is 1.92 bits per heavy atom. The zero-order valence-electron chi connectivity index (χ0n) is 7.91. The Hall–Kier alpha value is -1.11. The van der Waals surface area contributed by atoms with Crippen LogP contribution < -0.4 is 0 Å². The van der Waals surface area contributed by atoms with Crippen LogP contribution in [0.2, 0.25) is 0 Å². The van der Waals surface area contributed by atoms with Gasteiger partial charge in [0.15, 0.2) is 0 Å². The lowest BCUT2D eigenvalue weighted by Crippen LogP contribution is -1.88. The summed E-state index contributed by atoms with van der Waals surface area (Å²) in [5.74, 6) is 0. The molecule has 1 heteroatoms. The Labute approximate surface area is 79.1 Å². The van der Waals surface area contributed by atoms with Crippen LogP contribution in [0.5, 0.6) is 0 Å².